The first kappa shape index (κ1) is 20.2. The Kier molecular flexibility index (Phi) is 6.98. The quantitative estimate of drug-likeness (QED) is 0.547. The van der Waals surface area contributed by atoms with Gasteiger partial charge in [0.25, 0.3) is 0 Å². The third-order valence-electron chi connectivity index (χ3n) is 4.52. The number of hydrogen-bond donors (Lipinski definition) is 1. The number of rotatable bonds is 8. The average molecular weight is 369 g/mol. The number of thiol groups is 1. The lowest BCUT2D eigenvalue weighted by molar-refractivity contribution is 0.199. The Balaban J connectivity index is 2.06. The van der Waals surface area contributed by atoms with Crippen LogP contribution in [0, 0.1) is 0 Å². The van der Waals surface area contributed by atoms with Gasteiger partial charge in [0.2, 0.25) is 0 Å². The third-order valence-corrected chi connectivity index (χ3v) is 5.07. The van der Waals surface area contributed by atoms with E-state index in [1.807, 2.05) is 62.4 Å². The van der Waals surface area contributed by atoms with Crippen LogP contribution in [0.5, 0.6) is 5.75 Å². The van der Waals surface area contributed by atoms with Crippen LogP contribution < -0.4 is 15.2 Å². The van der Waals surface area contributed by atoms with Gasteiger partial charge < -0.3 is 9.47 Å². The van der Waals surface area contributed by atoms with Crippen molar-refractivity contribution in [2.24, 2.45) is 0 Å². The summed E-state index contributed by atoms with van der Waals surface area (Å²) in [4.78, 5) is 0. The van der Waals surface area contributed by atoms with Crippen LogP contribution in [0.15, 0.2) is 61.2 Å². The standard InChI is InChI=1S/C23H28O2S/c1-6-22(21-11-9-8-10-17(21)3)24-16-19-12-14-20(15-13-19)25-18(4)23(5,26)7-2/h7-15,18,26H,2-3,6,16H2,1,4-5H3/b22-21+. The van der Waals surface area contributed by atoms with Gasteiger partial charge in [-0.05, 0) is 36.8 Å². The molecule has 0 radical (unpaired) electrons. The SMILES string of the molecule is C=CC(C)(S)C(C)Oc1ccc(CO/C(CC)=c2\ccccc2=C)cc1. The molecular weight excluding hydrogens is 340 g/mol. The molecule has 2 unspecified atom stereocenters. The Morgan fingerprint density at radius 2 is 1.85 bits per heavy atom. The molecule has 0 amide bonds. The zero-order valence-corrected chi connectivity index (χ0v) is 16.8. The molecule has 0 spiro atoms. The smallest absolute Gasteiger partial charge is 0.119 e. The van der Waals surface area contributed by atoms with Crippen molar-refractivity contribution in [3.8, 4) is 5.75 Å². The summed E-state index contributed by atoms with van der Waals surface area (Å²) in [5.74, 6) is 1.77. The zero-order valence-electron chi connectivity index (χ0n) is 15.9. The van der Waals surface area contributed by atoms with Crippen LogP contribution in [0.4, 0.5) is 0 Å². The second-order valence-electron chi connectivity index (χ2n) is 6.56. The van der Waals surface area contributed by atoms with E-state index in [0.717, 1.165) is 33.9 Å². The van der Waals surface area contributed by atoms with E-state index in [4.69, 9.17) is 9.47 Å². The molecule has 3 heteroatoms. The molecule has 0 aliphatic rings. The molecule has 0 fully saturated rings. The lowest BCUT2D eigenvalue weighted by atomic mass is 10.1. The van der Waals surface area contributed by atoms with E-state index in [2.05, 4.69) is 32.7 Å². The molecule has 0 aliphatic heterocycles. The van der Waals surface area contributed by atoms with Gasteiger partial charge in [0.15, 0.2) is 0 Å². The summed E-state index contributed by atoms with van der Waals surface area (Å²) in [6, 6.07) is 16.0. The summed E-state index contributed by atoms with van der Waals surface area (Å²) >= 11 is 4.57. The van der Waals surface area contributed by atoms with Gasteiger partial charge in [-0.3, -0.25) is 0 Å². The second kappa shape index (κ2) is 9.00. The summed E-state index contributed by atoms with van der Waals surface area (Å²) < 4.78 is 11.6. The van der Waals surface area contributed by atoms with Crippen LogP contribution in [-0.2, 0) is 11.3 Å². The van der Waals surface area contributed by atoms with Crippen molar-refractivity contribution in [3.05, 3.63) is 77.2 Å². The molecular formula is C23H28O2S. The molecule has 2 aromatic carbocycles. The van der Waals surface area contributed by atoms with E-state index in [1.165, 1.54) is 0 Å². The fourth-order valence-corrected chi connectivity index (χ4v) is 2.54. The normalized spacial score (nSPS) is 15.5. The first-order valence-electron chi connectivity index (χ1n) is 8.89. The van der Waals surface area contributed by atoms with E-state index in [9.17, 15) is 0 Å². The molecule has 2 rings (SSSR count). The summed E-state index contributed by atoms with van der Waals surface area (Å²) in [5, 5.41) is 2.06. The fraction of sp³-hybridized carbons (Fsp3) is 0.304. The van der Waals surface area contributed by atoms with Crippen LogP contribution >= 0.6 is 12.6 Å². The Hall–Kier alpha value is -2.13. The van der Waals surface area contributed by atoms with Crippen LogP contribution in [0.2, 0.25) is 0 Å². The Labute approximate surface area is 162 Å². The molecule has 0 saturated heterocycles. The molecule has 2 nitrogen and oxygen atoms in total. The van der Waals surface area contributed by atoms with Crippen molar-refractivity contribution in [2.45, 2.75) is 44.6 Å². The van der Waals surface area contributed by atoms with Gasteiger partial charge in [-0.25, -0.2) is 0 Å². The first-order valence-corrected chi connectivity index (χ1v) is 9.33. The van der Waals surface area contributed by atoms with Gasteiger partial charge in [0.1, 0.15) is 24.2 Å². The Bertz CT molecular complexity index is 837. The molecule has 26 heavy (non-hydrogen) atoms. The summed E-state index contributed by atoms with van der Waals surface area (Å²) in [6.07, 6.45) is 2.54. The largest absolute Gasteiger partial charge is 0.493 e. The van der Waals surface area contributed by atoms with E-state index in [0.29, 0.717) is 6.61 Å². The van der Waals surface area contributed by atoms with Crippen LogP contribution in [0.25, 0.3) is 12.3 Å². The monoisotopic (exact) mass is 368 g/mol. The predicted octanol–water partition coefficient (Wildman–Crippen LogP) is 4.47. The van der Waals surface area contributed by atoms with Gasteiger partial charge in [-0.15, -0.1) is 6.58 Å². The minimum atomic E-state index is -0.381. The van der Waals surface area contributed by atoms with Crippen molar-refractivity contribution in [1.82, 2.24) is 0 Å². The third kappa shape index (κ3) is 5.18. The lowest BCUT2D eigenvalue weighted by Gasteiger charge is -2.27. The summed E-state index contributed by atoms with van der Waals surface area (Å²) in [6.45, 7) is 14.5. The van der Waals surface area contributed by atoms with Crippen LogP contribution in [-0.4, -0.2) is 10.9 Å². The second-order valence-corrected chi connectivity index (χ2v) is 7.52. The maximum atomic E-state index is 6.05. The fourth-order valence-electron chi connectivity index (χ4n) is 2.49. The summed E-state index contributed by atoms with van der Waals surface area (Å²) in [7, 11) is 0. The highest BCUT2D eigenvalue weighted by atomic mass is 32.1. The molecule has 2 aromatic rings. The number of hydrogen-bond acceptors (Lipinski definition) is 3. The van der Waals surface area contributed by atoms with Gasteiger partial charge >= 0.3 is 0 Å². The Morgan fingerprint density at radius 3 is 2.42 bits per heavy atom. The molecule has 0 heterocycles. The average Bonchev–Trinajstić information content (AvgIpc) is 2.64. The van der Waals surface area contributed by atoms with Gasteiger partial charge in [-0.1, -0.05) is 56.0 Å². The molecule has 0 saturated carbocycles. The van der Waals surface area contributed by atoms with Gasteiger partial charge in [0, 0.05) is 11.6 Å². The van der Waals surface area contributed by atoms with E-state index >= 15 is 0 Å². The number of benzene rings is 2. The predicted molar refractivity (Wildman–Crippen MR) is 114 cm³/mol. The first-order chi connectivity index (χ1) is 12.4. The van der Waals surface area contributed by atoms with Crippen molar-refractivity contribution >= 4 is 25.0 Å². The highest BCUT2D eigenvalue weighted by Gasteiger charge is 2.25. The molecule has 138 valence electrons. The maximum absolute atomic E-state index is 6.05. The highest BCUT2D eigenvalue weighted by molar-refractivity contribution is 7.82. The van der Waals surface area contributed by atoms with E-state index in [-0.39, 0.29) is 10.9 Å². The maximum Gasteiger partial charge on any atom is 0.119 e. The molecule has 0 aliphatic carbocycles. The Morgan fingerprint density at radius 1 is 1.19 bits per heavy atom. The van der Waals surface area contributed by atoms with Crippen molar-refractivity contribution in [1.29, 1.82) is 0 Å². The zero-order chi connectivity index (χ0) is 19.2. The number of ether oxygens (including phenoxy) is 2. The summed E-state index contributed by atoms with van der Waals surface area (Å²) in [5.41, 5.74) is 1.09. The highest BCUT2D eigenvalue weighted by Crippen LogP contribution is 2.25. The van der Waals surface area contributed by atoms with Crippen molar-refractivity contribution in [3.63, 3.8) is 0 Å². The topological polar surface area (TPSA) is 18.5 Å². The van der Waals surface area contributed by atoms with E-state index < -0.39 is 0 Å². The van der Waals surface area contributed by atoms with Crippen LogP contribution in [0.1, 0.15) is 32.8 Å². The van der Waals surface area contributed by atoms with E-state index in [1.54, 1.807) is 6.08 Å². The van der Waals surface area contributed by atoms with Crippen LogP contribution in [0.3, 0.4) is 0 Å². The molecule has 2 atom stereocenters. The molecule has 0 N–H and O–H groups in total. The van der Waals surface area contributed by atoms with Gasteiger partial charge in [0.05, 0.1) is 4.75 Å². The minimum absolute atomic E-state index is 0.0842. The molecule has 0 aromatic heterocycles. The van der Waals surface area contributed by atoms with Gasteiger partial charge in [-0.2, -0.15) is 12.6 Å². The van der Waals surface area contributed by atoms with Crippen molar-refractivity contribution < 1.29 is 9.47 Å². The molecule has 0 bridgehead atoms. The van der Waals surface area contributed by atoms with Crippen molar-refractivity contribution in [2.75, 3.05) is 0 Å². The minimum Gasteiger partial charge on any atom is -0.493 e. The lowest BCUT2D eigenvalue weighted by Crippen LogP contribution is -2.33.